The molecule has 2 aromatic rings. The monoisotopic (exact) mass is 374 g/mol. The van der Waals surface area contributed by atoms with E-state index in [0.717, 1.165) is 17.4 Å². The van der Waals surface area contributed by atoms with Crippen molar-refractivity contribution in [3.8, 4) is 0 Å². The standard InChI is InChI=1S/C16H17F3N2O3S/c1-9-10-6-7-11(16(17,18)19)21-15(10)25-13(9)14(24)20-8-4-2-3-5-12(22)23/h6-7H,2-5,8H2,1H3,(H,20,24)(H,22,23). The second-order valence-corrected chi connectivity index (χ2v) is 6.56. The highest BCUT2D eigenvalue weighted by molar-refractivity contribution is 7.20. The predicted octanol–water partition coefficient (Wildman–Crippen LogP) is 4.00. The number of amides is 1. The van der Waals surface area contributed by atoms with E-state index in [1.54, 1.807) is 6.92 Å². The number of carbonyl (C=O) groups is 2. The first kappa shape index (κ1) is 19.2. The molecule has 0 aromatic carbocycles. The fourth-order valence-electron chi connectivity index (χ4n) is 2.33. The van der Waals surface area contributed by atoms with Gasteiger partial charge in [-0.1, -0.05) is 6.42 Å². The number of carbonyl (C=O) groups excluding carboxylic acids is 1. The number of aryl methyl sites for hydroxylation is 1. The number of nitrogens with one attached hydrogen (secondary N) is 1. The Kier molecular flexibility index (Phi) is 5.99. The molecule has 9 heteroatoms. The molecule has 0 radical (unpaired) electrons. The molecule has 0 aliphatic carbocycles. The highest BCUT2D eigenvalue weighted by Crippen LogP contribution is 2.34. The summed E-state index contributed by atoms with van der Waals surface area (Å²) < 4.78 is 38.2. The quantitative estimate of drug-likeness (QED) is 0.718. The van der Waals surface area contributed by atoms with Crippen LogP contribution in [0, 0.1) is 6.92 Å². The van der Waals surface area contributed by atoms with Gasteiger partial charge < -0.3 is 10.4 Å². The largest absolute Gasteiger partial charge is 0.481 e. The molecule has 0 saturated carbocycles. The summed E-state index contributed by atoms with van der Waals surface area (Å²) in [4.78, 5) is 26.7. The van der Waals surface area contributed by atoms with Crippen LogP contribution in [0.2, 0.25) is 0 Å². The van der Waals surface area contributed by atoms with Crippen LogP contribution in [0.25, 0.3) is 10.2 Å². The number of aliphatic carboxylic acids is 1. The molecular formula is C16H17F3N2O3S. The molecule has 0 fully saturated rings. The average Bonchev–Trinajstić information content (AvgIpc) is 2.86. The Labute approximate surface area is 145 Å². The Hall–Kier alpha value is -2.16. The summed E-state index contributed by atoms with van der Waals surface area (Å²) >= 11 is 0.934. The van der Waals surface area contributed by atoms with Gasteiger partial charge in [-0.15, -0.1) is 11.3 Å². The van der Waals surface area contributed by atoms with E-state index in [4.69, 9.17) is 5.11 Å². The molecule has 0 spiro atoms. The molecule has 1 amide bonds. The van der Waals surface area contributed by atoms with Crippen molar-refractivity contribution in [1.82, 2.24) is 10.3 Å². The van der Waals surface area contributed by atoms with E-state index in [-0.39, 0.29) is 17.2 Å². The number of hydrogen-bond acceptors (Lipinski definition) is 4. The van der Waals surface area contributed by atoms with Crippen molar-refractivity contribution in [2.45, 2.75) is 38.8 Å². The molecule has 0 unspecified atom stereocenters. The van der Waals surface area contributed by atoms with Crippen molar-refractivity contribution < 1.29 is 27.9 Å². The van der Waals surface area contributed by atoms with Crippen molar-refractivity contribution in [2.24, 2.45) is 0 Å². The summed E-state index contributed by atoms with van der Waals surface area (Å²) in [6.45, 7) is 2.06. The molecule has 0 bridgehead atoms. The van der Waals surface area contributed by atoms with E-state index in [1.807, 2.05) is 0 Å². The van der Waals surface area contributed by atoms with Gasteiger partial charge in [0, 0.05) is 18.4 Å². The summed E-state index contributed by atoms with van der Waals surface area (Å²) in [6.07, 6.45) is -2.58. The highest BCUT2D eigenvalue weighted by atomic mass is 32.1. The predicted molar refractivity (Wildman–Crippen MR) is 87.8 cm³/mol. The maximum Gasteiger partial charge on any atom is 0.433 e. The SMILES string of the molecule is Cc1c(C(=O)NCCCCCC(=O)O)sc2nc(C(F)(F)F)ccc12. The van der Waals surface area contributed by atoms with Crippen LogP contribution in [-0.2, 0) is 11.0 Å². The van der Waals surface area contributed by atoms with Gasteiger partial charge in [0.05, 0.1) is 4.88 Å². The van der Waals surface area contributed by atoms with Crippen LogP contribution in [-0.4, -0.2) is 28.5 Å². The third-order valence-corrected chi connectivity index (χ3v) is 4.85. The number of fused-ring (bicyclic) bond motifs is 1. The number of carboxylic acid groups (broad SMARTS) is 1. The van der Waals surface area contributed by atoms with Crippen LogP contribution in [0.1, 0.15) is 46.6 Å². The average molecular weight is 374 g/mol. The Morgan fingerprint density at radius 2 is 1.96 bits per heavy atom. The summed E-state index contributed by atoms with van der Waals surface area (Å²) in [5.74, 6) is -1.21. The molecular weight excluding hydrogens is 357 g/mol. The van der Waals surface area contributed by atoms with Crippen LogP contribution in [0.15, 0.2) is 12.1 Å². The number of alkyl halides is 3. The van der Waals surface area contributed by atoms with Gasteiger partial charge in [0.15, 0.2) is 0 Å². The molecule has 0 aliphatic rings. The van der Waals surface area contributed by atoms with Gasteiger partial charge in [0.25, 0.3) is 5.91 Å². The summed E-state index contributed by atoms with van der Waals surface area (Å²) in [7, 11) is 0. The molecule has 0 atom stereocenters. The number of aromatic nitrogens is 1. The summed E-state index contributed by atoms with van der Waals surface area (Å²) in [5.41, 5.74) is -0.378. The number of unbranched alkanes of at least 4 members (excludes halogenated alkanes) is 2. The zero-order valence-electron chi connectivity index (χ0n) is 13.4. The minimum Gasteiger partial charge on any atom is -0.481 e. The fraction of sp³-hybridized carbons (Fsp3) is 0.438. The van der Waals surface area contributed by atoms with Gasteiger partial charge in [-0.25, -0.2) is 4.98 Å². The third kappa shape index (κ3) is 4.91. The van der Waals surface area contributed by atoms with Gasteiger partial charge in [-0.05, 0) is 37.5 Å². The molecule has 2 heterocycles. The van der Waals surface area contributed by atoms with E-state index in [0.29, 0.717) is 41.6 Å². The van der Waals surface area contributed by atoms with Crippen molar-refractivity contribution in [3.63, 3.8) is 0 Å². The Balaban J connectivity index is 2.01. The minimum absolute atomic E-state index is 0.0938. The van der Waals surface area contributed by atoms with Crippen molar-refractivity contribution in [1.29, 1.82) is 0 Å². The first-order valence-electron chi connectivity index (χ1n) is 7.67. The van der Waals surface area contributed by atoms with Gasteiger partial charge in [0.1, 0.15) is 10.5 Å². The van der Waals surface area contributed by atoms with Crippen molar-refractivity contribution in [3.05, 3.63) is 28.3 Å². The van der Waals surface area contributed by atoms with Gasteiger partial charge in [-0.2, -0.15) is 13.2 Å². The maximum atomic E-state index is 12.7. The van der Waals surface area contributed by atoms with Crippen molar-refractivity contribution >= 4 is 33.4 Å². The minimum atomic E-state index is -4.52. The normalized spacial score (nSPS) is 11.7. The number of carboxylic acids is 1. The molecule has 136 valence electrons. The molecule has 5 nitrogen and oxygen atoms in total. The van der Waals surface area contributed by atoms with E-state index in [1.165, 1.54) is 6.07 Å². The molecule has 2 rings (SSSR count). The number of hydrogen-bond donors (Lipinski definition) is 2. The number of nitrogens with zero attached hydrogens (tertiary/aromatic N) is 1. The third-order valence-electron chi connectivity index (χ3n) is 3.65. The Morgan fingerprint density at radius 1 is 1.24 bits per heavy atom. The molecule has 2 N–H and O–H groups in total. The van der Waals surface area contributed by atoms with E-state index in [9.17, 15) is 22.8 Å². The highest BCUT2D eigenvalue weighted by Gasteiger charge is 2.33. The Bertz CT molecular complexity index is 787. The van der Waals surface area contributed by atoms with Gasteiger partial charge >= 0.3 is 12.1 Å². The lowest BCUT2D eigenvalue weighted by Gasteiger charge is -2.04. The van der Waals surface area contributed by atoms with E-state index in [2.05, 4.69) is 10.3 Å². The molecule has 2 aromatic heterocycles. The van der Waals surface area contributed by atoms with Gasteiger partial charge in [0.2, 0.25) is 0 Å². The molecule has 0 aliphatic heterocycles. The lowest BCUT2D eigenvalue weighted by Crippen LogP contribution is -2.24. The van der Waals surface area contributed by atoms with Crippen LogP contribution >= 0.6 is 11.3 Å². The second kappa shape index (κ2) is 7.81. The number of halogens is 3. The molecule has 25 heavy (non-hydrogen) atoms. The number of pyridine rings is 1. The number of rotatable bonds is 7. The fourth-order valence-corrected chi connectivity index (χ4v) is 3.43. The smallest absolute Gasteiger partial charge is 0.433 e. The Morgan fingerprint density at radius 3 is 2.60 bits per heavy atom. The summed E-state index contributed by atoms with van der Waals surface area (Å²) in [5, 5.41) is 11.8. The van der Waals surface area contributed by atoms with Crippen LogP contribution in [0.3, 0.4) is 0 Å². The van der Waals surface area contributed by atoms with Crippen LogP contribution in [0.4, 0.5) is 13.2 Å². The second-order valence-electron chi connectivity index (χ2n) is 5.56. The van der Waals surface area contributed by atoms with Crippen molar-refractivity contribution in [2.75, 3.05) is 6.54 Å². The number of thiophene rings is 1. The summed E-state index contributed by atoms with van der Waals surface area (Å²) in [6, 6.07) is 2.24. The topological polar surface area (TPSA) is 79.3 Å². The van der Waals surface area contributed by atoms with Crippen LogP contribution in [0.5, 0.6) is 0 Å². The first-order valence-corrected chi connectivity index (χ1v) is 8.49. The lowest BCUT2D eigenvalue weighted by atomic mass is 10.1. The molecule has 0 saturated heterocycles. The van der Waals surface area contributed by atoms with Crippen LogP contribution < -0.4 is 5.32 Å². The van der Waals surface area contributed by atoms with Gasteiger partial charge in [-0.3, -0.25) is 9.59 Å². The zero-order chi connectivity index (χ0) is 18.6. The first-order chi connectivity index (χ1) is 11.7. The zero-order valence-corrected chi connectivity index (χ0v) is 14.3. The maximum absolute atomic E-state index is 12.7. The van der Waals surface area contributed by atoms with E-state index >= 15 is 0 Å². The van der Waals surface area contributed by atoms with E-state index < -0.39 is 17.8 Å². The lowest BCUT2D eigenvalue weighted by molar-refractivity contribution is -0.141.